The van der Waals surface area contributed by atoms with E-state index in [1.165, 1.54) is 17.5 Å². The molecule has 1 saturated carbocycles. The summed E-state index contributed by atoms with van der Waals surface area (Å²) in [7, 11) is 0. The molecule has 2 aromatic rings. The minimum atomic E-state index is 0.274. The molecule has 92 valence electrons. The highest BCUT2D eigenvalue weighted by Gasteiger charge is 2.57. The predicted molar refractivity (Wildman–Crippen MR) is 76.6 cm³/mol. The lowest BCUT2D eigenvalue weighted by molar-refractivity contribution is 0.513. The van der Waals surface area contributed by atoms with Crippen LogP contribution in [0.4, 0.5) is 0 Å². The molecule has 0 nitrogen and oxygen atoms in total. The highest BCUT2D eigenvalue weighted by atomic mass is 14.6. The smallest absolute Gasteiger partial charge is 0.0237 e. The van der Waals surface area contributed by atoms with Crippen LogP contribution in [0, 0.1) is 11.8 Å². The van der Waals surface area contributed by atoms with Gasteiger partial charge in [0.05, 0.1) is 0 Å². The first-order valence-corrected chi connectivity index (χ1v) is 6.86. The van der Waals surface area contributed by atoms with E-state index in [-0.39, 0.29) is 5.41 Å². The van der Waals surface area contributed by atoms with Crippen LogP contribution in [0.5, 0.6) is 0 Å². The normalized spacial score (nSPS) is 20.9. The van der Waals surface area contributed by atoms with Gasteiger partial charge in [0.2, 0.25) is 0 Å². The van der Waals surface area contributed by atoms with Crippen molar-refractivity contribution in [1.82, 2.24) is 0 Å². The van der Waals surface area contributed by atoms with Gasteiger partial charge in [0.1, 0.15) is 0 Å². The van der Waals surface area contributed by atoms with E-state index in [1.807, 2.05) is 0 Å². The van der Waals surface area contributed by atoms with Crippen molar-refractivity contribution in [2.45, 2.75) is 25.7 Å². The lowest BCUT2D eigenvalue weighted by Crippen LogP contribution is -2.14. The molecule has 3 rings (SSSR count). The maximum atomic E-state index is 2.35. The van der Waals surface area contributed by atoms with Gasteiger partial charge in [-0.1, -0.05) is 74.5 Å². The van der Waals surface area contributed by atoms with Crippen molar-refractivity contribution in [2.75, 3.05) is 0 Å². The van der Waals surface area contributed by atoms with E-state index in [9.17, 15) is 0 Å². The third-order valence-electron chi connectivity index (χ3n) is 4.40. The van der Waals surface area contributed by atoms with E-state index in [4.69, 9.17) is 0 Å². The lowest BCUT2D eigenvalue weighted by atomic mass is 9.83. The summed E-state index contributed by atoms with van der Waals surface area (Å²) in [6.45, 7) is 4.69. The zero-order chi connectivity index (χ0) is 12.6. The molecule has 1 atom stereocenters. The van der Waals surface area contributed by atoms with Crippen molar-refractivity contribution in [3.63, 3.8) is 0 Å². The summed E-state index contributed by atoms with van der Waals surface area (Å²) >= 11 is 0. The molecular weight excluding hydrogens is 216 g/mol. The van der Waals surface area contributed by atoms with Crippen LogP contribution in [0.3, 0.4) is 0 Å². The Morgan fingerprint density at radius 2 is 1.28 bits per heavy atom. The quantitative estimate of drug-likeness (QED) is 0.727. The zero-order valence-corrected chi connectivity index (χ0v) is 11.1. The van der Waals surface area contributed by atoms with Gasteiger partial charge in [-0.3, -0.25) is 0 Å². The Kier molecular flexibility index (Phi) is 2.74. The SMILES string of the molecule is CC(C)[C@@H]1CC1(c1ccccc1)c1ccccc1. The molecule has 0 bridgehead atoms. The standard InChI is InChI=1S/C18H20/c1-14(2)17-13-18(17,15-9-5-3-6-10-15)16-11-7-4-8-12-16/h3-12,14,17H,13H2,1-2H3/t17-/m0/s1. The molecule has 0 radical (unpaired) electrons. The van der Waals surface area contributed by atoms with Crippen molar-refractivity contribution >= 4 is 0 Å². The summed E-state index contributed by atoms with van der Waals surface area (Å²) in [6, 6.07) is 22.0. The minimum Gasteiger partial charge on any atom is -0.0625 e. The molecular formula is C18H20. The van der Waals surface area contributed by atoms with Crippen LogP contribution in [-0.2, 0) is 5.41 Å². The van der Waals surface area contributed by atoms with E-state index in [0.29, 0.717) is 0 Å². The molecule has 0 unspecified atom stereocenters. The fourth-order valence-corrected chi connectivity index (χ4v) is 3.39. The molecule has 0 saturated heterocycles. The largest absolute Gasteiger partial charge is 0.0625 e. The molecule has 1 fully saturated rings. The summed E-state index contributed by atoms with van der Waals surface area (Å²) in [4.78, 5) is 0. The molecule has 0 N–H and O–H groups in total. The van der Waals surface area contributed by atoms with E-state index in [2.05, 4.69) is 74.5 Å². The maximum absolute atomic E-state index is 2.35. The molecule has 0 spiro atoms. The van der Waals surface area contributed by atoms with Crippen molar-refractivity contribution in [3.8, 4) is 0 Å². The van der Waals surface area contributed by atoms with E-state index in [0.717, 1.165) is 11.8 Å². The summed E-state index contributed by atoms with van der Waals surface area (Å²) in [5, 5.41) is 0. The summed E-state index contributed by atoms with van der Waals surface area (Å²) < 4.78 is 0. The van der Waals surface area contributed by atoms with Gasteiger partial charge in [0, 0.05) is 5.41 Å². The molecule has 1 aliphatic rings. The van der Waals surface area contributed by atoms with Crippen molar-refractivity contribution in [2.24, 2.45) is 11.8 Å². The number of hydrogen-bond donors (Lipinski definition) is 0. The third kappa shape index (κ3) is 1.68. The third-order valence-corrected chi connectivity index (χ3v) is 4.40. The summed E-state index contributed by atoms with van der Waals surface area (Å²) in [6.07, 6.45) is 1.29. The maximum Gasteiger partial charge on any atom is 0.0237 e. The van der Waals surface area contributed by atoms with Gasteiger partial charge in [-0.2, -0.15) is 0 Å². The van der Waals surface area contributed by atoms with Crippen LogP contribution < -0.4 is 0 Å². The summed E-state index contributed by atoms with van der Waals surface area (Å²) in [5.74, 6) is 1.52. The van der Waals surface area contributed by atoms with Crippen LogP contribution in [-0.4, -0.2) is 0 Å². The monoisotopic (exact) mass is 236 g/mol. The molecule has 0 heteroatoms. The van der Waals surface area contributed by atoms with Crippen LogP contribution in [0.25, 0.3) is 0 Å². The number of benzene rings is 2. The van der Waals surface area contributed by atoms with Crippen LogP contribution in [0.15, 0.2) is 60.7 Å². The Labute approximate surface area is 110 Å². The second-order valence-corrected chi connectivity index (χ2v) is 5.76. The minimum absolute atomic E-state index is 0.274. The Balaban J connectivity index is 2.08. The Morgan fingerprint density at radius 3 is 1.61 bits per heavy atom. The van der Waals surface area contributed by atoms with Gasteiger partial charge in [0.15, 0.2) is 0 Å². The van der Waals surface area contributed by atoms with Crippen LogP contribution in [0.1, 0.15) is 31.4 Å². The zero-order valence-electron chi connectivity index (χ0n) is 11.1. The van der Waals surface area contributed by atoms with E-state index < -0.39 is 0 Å². The van der Waals surface area contributed by atoms with Crippen LogP contribution in [0.2, 0.25) is 0 Å². The number of rotatable bonds is 3. The van der Waals surface area contributed by atoms with Gasteiger partial charge in [0.25, 0.3) is 0 Å². The van der Waals surface area contributed by atoms with Gasteiger partial charge in [-0.05, 0) is 29.4 Å². The molecule has 0 aliphatic heterocycles. The highest BCUT2D eigenvalue weighted by Crippen LogP contribution is 2.61. The first kappa shape index (κ1) is 11.5. The first-order valence-electron chi connectivity index (χ1n) is 6.86. The lowest BCUT2D eigenvalue weighted by Gasteiger charge is -2.20. The Morgan fingerprint density at radius 1 is 0.833 bits per heavy atom. The predicted octanol–water partition coefficient (Wildman–Crippen LogP) is 4.65. The van der Waals surface area contributed by atoms with Crippen molar-refractivity contribution in [1.29, 1.82) is 0 Å². The fourth-order valence-electron chi connectivity index (χ4n) is 3.39. The summed E-state index contributed by atoms with van der Waals surface area (Å²) in [5.41, 5.74) is 3.24. The van der Waals surface area contributed by atoms with Gasteiger partial charge in [-0.25, -0.2) is 0 Å². The number of hydrogen-bond acceptors (Lipinski definition) is 0. The Hall–Kier alpha value is -1.56. The molecule has 0 heterocycles. The van der Waals surface area contributed by atoms with Crippen LogP contribution >= 0.6 is 0 Å². The van der Waals surface area contributed by atoms with E-state index >= 15 is 0 Å². The average Bonchev–Trinajstić information content (AvgIpc) is 3.18. The fraction of sp³-hybridized carbons (Fsp3) is 0.333. The van der Waals surface area contributed by atoms with Crippen molar-refractivity contribution < 1.29 is 0 Å². The van der Waals surface area contributed by atoms with Gasteiger partial charge >= 0.3 is 0 Å². The molecule has 0 aromatic heterocycles. The van der Waals surface area contributed by atoms with E-state index in [1.54, 1.807) is 0 Å². The second kappa shape index (κ2) is 4.28. The second-order valence-electron chi connectivity index (χ2n) is 5.76. The molecule has 2 aromatic carbocycles. The van der Waals surface area contributed by atoms with Gasteiger partial charge in [-0.15, -0.1) is 0 Å². The average molecular weight is 236 g/mol. The highest BCUT2D eigenvalue weighted by molar-refractivity contribution is 5.47. The first-order chi connectivity index (χ1) is 8.75. The Bertz CT molecular complexity index is 471. The molecule has 0 amide bonds. The van der Waals surface area contributed by atoms with Crippen molar-refractivity contribution in [3.05, 3.63) is 71.8 Å². The van der Waals surface area contributed by atoms with Gasteiger partial charge < -0.3 is 0 Å². The topological polar surface area (TPSA) is 0 Å². The molecule has 1 aliphatic carbocycles. The molecule has 18 heavy (non-hydrogen) atoms.